The van der Waals surface area contributed by atoms with Crippen molar-refractivity contribution in [1.82, 2.24) is 14.4 Å². The monoisotopic (exact) mass is 561 g/mol. The molecule has 0 bridgehead atoms. The molecule has 0 saturated carbocycles. The van der Waals surface area contributed by atoms with E-state index in [0.717, 1.165) is 59.6 Å². The Kier molecular flexibility index (Phi) is 9.64. The molecule has 1 aliphatic heterocycles. The second kappa shape index (κ2) is 13.0. The zero-order chi connectivity index (χ0) is 29.0. The van der Waals surface area contributed by atoms with E-state index >= 15 is 0 Å². The molecule has 0 radical (unpaired) electrons. The minimum Gasteiger partial charge on any atom is -0.378 e. The number of hydrogen-bond acceptors (Lipinski definition) is 6. The molecule has 1 unspecified atom stereocenters. The molecule has 2 atom stereocenters. The Bertz CT molecular complexity index is 1440. The van der Waals surface area contributed by atoms with E-state index in [4.69, 9.17) is 0 Å². The molecule has 7 nitrogen and oxygen atoms in total. The third kappa shape index (κ3) is 6.39. The lowest BCUT2D eigenvalue weighted by molar-refractivity contribution is -0.127. The van der Waals surface area contributed by atoms with Gasteiger partial charge in [0, 0.05) is 80.9 Å². The number of anilines is 2. The largest absolute Gasteiger partial charge is 0.378 e. The maximum absolute atomic E-state index is 13.6. The number of amides is 1. The van der Waals surface area contributed by atoms with Crippen molar-refractivity contribution in [2.45, 2.75) is 51.1 Å². The van der Waals surface area contributed by atoms with Gasteiger partial charge in [0.15, 0.2) is 0 Å². The van der Waals surface area contributed by atoms with Crippen LogP contribution in [0.3, 0.4) is 0 Å². The highest BCUT2D eigenvalue weighted by atomic mass is 32.2. The number of nitrogens with zero attached hydrogens (tertiary/aromatic N) is 4. The predicted octanol–water partition coefficient (Wildman–Crippen LogP) is 5.63. The van der Waals surface area contributed by atoms with Crippen LogP contribution >= 0.6 is 11.8 Å². The van der Waals surface area contributed by atoms with E-state index in [1.54, 1.807) is 28.3 Å². The number of aryl methyl sites for hydroxylation is 1. The van der Waals surface area contributed by atoms with Gasteiger partial charge in [-0.25, -0.2) is 0 Å². The Labute approximate surface area is 242 Å². The minimum atomic E-state index is 0.0258. The molecule has 1 amide bonds. The summed E-state index contributed by atoms with van der Waals surface area (Å²) in [6.07, 6.45) is 6.56. The lowest BCUT2D eigenvalue weighted by Gasteiger charge is -2.39. The van der Waals surface area contributed by atoms with E-state index in [9.17, 15) is 9.59 Å². The van der Waals surface area contributed by atoms with Crippen LogP contribution in [0.25, 0.3) is 10.8 Å². The van der Waals surface area contributed by atoms with Crippen LogP contribution in [0.1, 0.15) is 44.4 Å². The number of benzene rings is 2. The average Bonchev–Trinajstić information content (AvgIpc) is 2.97. The van der Waals surface area contributed by atoms with Gasteiger partial charge < -0.3 is 15.1 Å². The number of fused-ring (bicyclic) bond motifs is 1. The molecule has 0 spiro atoms. The number of aromatic nitrogens is 1. The normalized spacial score (nSPS) is 15.9. The Morgan fingerprint density at radius 2 is 1.80 bits per heavy atom. The molecule has 8 heteroatoms. The van der Waals surface area contributed by atoms with Crippen LogP contribution in [-0.4, -0.2) is 65.8 Å². The number of para-hydroxylation sites is 1. The van der Waals surface area contributed by atoms with E-state index in [1.165, 1.54) is 4.90 Å². The molecule has 1 aromatic heterocycles. The van der Waals surface area contributed by atoms with E-state index in [0.29, 0.717) is 6.42 Å². The number of thioether (sulfide) groups is 1. The van der Waals surface area contributed by atoms with Crippen molar-refractivity contribution in [3.8, 4) is 0 Å². The van der Waals surface area contributed by atoms with Crippen LogP contribution in [0.4, 0.5) is 11.5 Å². The number of nitrogens with one attached hydrogen (secondary N) is 1. The minimum absolute atomic E-state index is 0.0258. The van der Waals surface area contributed by atoms with Gasteiger partial charge in [0.05, 0.1) is 0 Å². The van der Waals surface area contributed by atoms with E-state index in [2.05, 4.69) is 84.6 Å². The van der Waals surface area contributed by atoms with Gasteiger partial charge in [-0.2, -0.15) is 0 Å². The molecule has 1 aliphatic rings. The van der Waals surface area contributed by atoms with Gasteiger partial charge in [0.25, 0.3) is 5.56 Å². The zero-order valence-electron chi connectivity index (χ0n) is 24.9. The SMILES string of the molecule is CCC(=O)N(C)/C=C\C(C)N1CCN(c2cc3c([C@@H](C)Nc4ccccc4SC)cc(C)cc3c(=O)n2C)CC1. The Balaban J connectivity index is 1.59. The fraction of sp³-hybridized carbons (Fsp3) is 0.438. The molecule has 4 rings (SSSR count). The van der Waals surface area contributed by atoms with Gasteiger partial charge in [-0.3, -0.25) is 19.1 Å². The number of carbonyl (C=O) groups excluding carboxylic acids is 1. The maximum Gasteiger partial charge on any atom is 0.259 e. The van der Waals surface area contributed by atoms with Crippen molar-refractivity contribution >= 4 is 39.9 Å². The second-order valence-electron chi connectivity index (χ2n) is 10.7. The first-order valence-corrected chi connectivity index (χ1v) is 15.3. The number of hydrogen-bond donors (Lipinski definition) is 1. The van der Waals surface area contributed by atoms with Crippen LogP contribution < -0.4 is 15.8 Å². The summed E-state index contributed by atoms with van der Waals surface area (Å²) < 4.78 is 1.80. The zero-order valence-corrected chi connectivity index (χ0v) is 25.7. The fourth-order valence-electron chi connectivity index (χ4n) is 5.48. The standard InChI is InChI=1S/C32H43N5O2S/c1-8-31(38)34(5)14-13-23(3)36-15-17-37(18-16-36)30-21-26-25(19-22(2)20-27(26)32(39)35(30)6)24(4)33-28-11-9-10-12-29(28)40-7/h9-14,19-21,23-24,33H,8,15-18H2,1-7H3/b14-13-/t23?,24-/m1/s1. The molecule has 3 aromatic rings. The van der Waals surface area contributed by atoms with Crippen molar-refractivity contribution in [3.63, 3.8) is 0 Å². The maximum atomic E-state index is 13.6. The number of carbonyl (C=O) groups is 1. The van der Waals surface area contributed by atoms with E-state index < -0.39 is 0 Å². The molecular formula is C32H43N5O2S. The van der Waals surface area contributed by atoms with Crippen molar-refractivity contribution in [2.24, 2.45) is 7.05 Å². The van der Waals surface area contributed by atoms with Crippen LogP contribution in [0.2, 0.25) is 0 Å². The summed E-state index contributed by atoms with van der Waals surface area (Å²) >= 11 is 1.73. The van der Waals surface area contributed by atoms with Crippen molar-refractivity contribution in [2.75, 3.05) is 49.7 Å². The van der Waals surface area contributed by atoms with E-state index in [-0.39, 0.29) is 23.6 Å². The molecule has 40 heavy (non-hydrogen) atoms. The van der Waals surface area contributed by atoms with Crippen LogP contribution in [0, 0.1) is 6.92 Å². The highest BCUT2D eigenvalue weighted by molar-refractivity contribution is 7.98. The molecule has 2 heterocycles. The van der Waals surface area contributed by atoms with Gasteiger partial charge in [0.2, 0.25) is 5.91 Å². The molecule has 1 N–H and O–H groups in total. The summed E-state index contributed by atoms with van der Waals surface area (Å²) in [5.74, 6) is 1.06. The summed E-state index contributed by atoms with van der Waals surface area (Å²) in [7, 11) is 3.69. The highest BCUT2D eigenvalue weighted by Gasteiger charge is 2.23. The summed E-state index contributed by atoms with van der Waals surface area (Å²) in [6.45, 7) is 11.7. The van der Waals surface area contributed by atoms with Crippen LogP contribution in [0.15, 0.2) is 64.4 Å². The Morgan fingerprint density at radius 3 is 2.48 bits per heavy atom. The topological polar surface area (TPSA) is 60.8 Å². The summed E-state index contributed by atoms with van der Waals surface area (Å²) in [4.78, 5) is 33.1. The first-order chi connectivity index (χ1) is 19.1. The first-order valence-electron chi connectivity index (χ1n) is 14.1. The van der Waals surface area contributed by atoms with Crippen molar-refractivity contribution < 1.29 is 4.79 Å². The van der Waals surface area contributed by atoms with E-state index in [1.807, 2.05) is 26.2 Å². The number of rotatable bonds is 9. The summed E-state index contributed by atoms with van der Waals surface area (Å²) in [6, 6.07) is 15.0. The average molecular weight is 562 g/mol. The molecule has 1 fully saturated rings. The van der Waals surface area contributed by atoms with Gasteiger partial charge in [0.1, 0.15) is 5.82 Å². The smallest absolute Gasteiger partial charge is 0.259 e. The van der Waals surface area contributed by atoms with Gasteiger partial charge in [-0.05, 0) is 67.8 Å². The number of piperazine rings is 1. The van der Waals surface area contributed by atoms with Crippen molar-refractivity contribution in [1.29, 1.82) is 0 Å². The fourth-order valence-corrected chi connectivity index (χ4v) is 6.04. The quantitative estimate of drug-likeness (QED) is 0.342. The summed E-state index contributed by atoms with van der Waals surface area (Å²) in [5, 5.41) is 5.47. The second-order valence-corrected chi connectivity index (χ2v) is 11.6. The van der Waals surface area contributed by atoms with Gasteiger partial charge in [-0.1, -0.05) is 31.2 Å². The molecular weight excluding hydrogens is 518 g/mol. The Hall–Kier alpha value is -3.23. The van der Waals surface area contributed by atoms with Crippen LogP contribution in [-0.2, 0) is 11.8 Å². The molecule has 1 saturated heterocycles. The van der Waals surface area contributed by atoms with Gasteiger partial charge in [-0.15, -0.1) is 11.8 Å². The van der Waals surface area contributed by atoms with Crippen LogP contribution in [0.5, 0.6) is 0 Å². The first kappa shape index (κ1) is 29.7. The Morgan fingerprint density at radius 1 is 1.10 bits per heavy atom. The van der Waals surface area contributed by atoms with Crippen molar-refractivity contribution in [3.05, 3.63) is 76.2 Å². The predicted molar refractivity (Wildman–Crippen MR) is 170 cm³/mol. The molecule has 0 aliphatic carbocycles. The lowest BCUT2D eigenvalue weighted by Crippen LogP contribution is -2.50. The molecule has 214 valence electrons. The third-order valence-corrected chi connectivity index (χ3v) is 8.75. The lowest BCUT2D eigenvalue weighted by atomic mass is 9.97. The van der Waals surface area contributed by atoms with Gasteiger partial charge >= 0.3 is 0 Å². The molecule has 2 aromatic carbocycles. The summed E-state index contributed by atoms with van der Waals surface area (Å²) in [5.41, 5.74) is 3.36. The highest BCUT2D eigenvalue weighted by Crippen LogP contribution is 2.33. The third-order valence-electron chi connectivity index (χ3n) is 7.95. The number of pyridine rings is 1.